The molecule has 0 bridgehead atoms. The Morgan fingerprint density at radius 1 is 1.30 bits per heavy atom. The lowest BCUT2D eigenvalue weighted by Gasteiger charge is -2.05. The summed E-state index contributed by atoms with van der Waals surface area (Å²) in [5.74, 6) is -0.869. The van der Waals surface area contributed by atoms with Crippen molar-refractivity contribution < 1.29 is 9.18 Å². The van der Waals surface area contributed by atoms with E-state index < -0.39 is 5.82 Å². The molecule has 0 spiro atoms. The number of nitrogens with zero attached hydrogens (tertiary/aromatic N) is 2. The van der Waals surface area contributed by atoms with Crippen molar-refractivity contribution in [3.63, 3.8) is 0 Å². The summed E-state index contributed by atoms with van der Waals surface area (Å²) in [6.45, 7) is 0. The van der Waals surface area contributed by atoms with Crippen LogP contribution in [-0.2, 0) is 11.2 Å². The summed E-state index contributed by atoms with van der Waals surface area (Å²) in [5, 5.41) is 5.16. The SMILES string of the molecule is O=C(Cc1c(F)cccc1Cl)Nc1nc(-c2cccnc2)cs1. The normalized spacial score (nSPS) is 10.5. The van der Waals surface area contributed by atoms with Gasteiger partial charge in [-0.1, -0.05) is 17.7 Å². The van der Waals surface area contributed by atoms with Crippen LogP contribution in [0.2, 0.25) is 5.02 Å². The van der Waals surface area contributed by atoms with Crippen LogP contribution in [0.1, 0.15) is 5.56 Å². The summed E-state index contributed by atoms with van der Waals surface area (Å²) in [7, 11) is 0. The molecule has 1 amide bonds. The van der Waals surface area contributed by atoms with Crippen molar-refractivity contribution in [2.45, 2.75) is 6.42 Å². The van der Waals surface area contributed by atoms with Crippen molar-refractivity contribution in [3.8, 4) is 11.3 Å². The van der Waals surface area contributed by atoms with Crippen molar-refractivity contribution in [3.05, 3.63) is 64.5 Å². The first-order chi connectivity index (χ1) is 11.1. The molecule has 0 atom stereocenters. The molecule has 7 heteroatoms. The van der Waals surface area contributed by atoms with Crippen molar-refractivity contribution in [1.29, 1.82) is 0 Å². The van der Waals surface area contributed by atoms with E-state index in [4.69, 9.17) is 11.6 Å². The van der Waals surface area contributed by atoms with Gasteiger partial charge in [-0.05, 0) is 24.3 Å². The van der Waals surface area contributed by atoms with Gasteiger partial charge in [0.05, 0.1) is 12.1 Å². The molecule has 1 N–H and O–H groups in total. The van der Waals surface area contributed by atoms with Gasteiger partial charge in [-0.2, -0.15) is 0 Å². The first-order valence-corrected chi connectivity index (χ1v) is 7.98. The molecule has 2 heterocycles. The van der Waals surface area contributed by atoms with Gasteiger partial charge in [0, 0.05) is 33.9 Å². The standard InChI is InChI=1S/C16H11ClFN3OS/c17-12-4-1-5-13(18)11(12)7-15(22)21-16-20-14(9-23-16)10-3-2-6-19-8-10/h1-6,8-9H,7H2,(H,20,21,22). The van der Waals surface area contributed by atoms with Crippen molar-refractivity contribution in [2.24, 2.45) is 0 Å². The molecule has 1 aromatic carbocycles. The summed E-state index contributed by atoms with van der Waals surface area (Å²) in [5.41, 5.74) is 1.76. The van der Waals surface area contributed by atoms with E-state index in [-0.39, 0.29) is 22.9 Å². The molecule has 0 fully saturated rings. The molecule has 0 aliphatic carbocycles. The van der Waals surface area contributed by atoms with Gasteiger partial charge in [0.15, 0.2) is 5.13 Å². The van der Waals surface area contributed by atoms with E-state index in [2.05, 4.69) is 15.3 Å². The molecule has 0 saturated heterocycles. The van der Waals surface area contributed by atoms with Crippen LogP contribution in [0, 0.1) is 5.82 Å². The summed E-state index contributed by atoms with van der Waals surface area (Å²) < 4.78 is 13.7. The fourth-order valence-electron chi connectivity index (χ4n) is 2.00. The molecule has 116 valence electrons. The first-order valence-electron chi connectivity index (χ1n) is 6.72. The minimum atomic E-state index is -0.497. The third-order valence-electron chi connectivity index (χ3n) is 3.11. The number of hydrogen-bond donors (Lipinski definition) is 1. The number of halogens is 2. The molecule has 0 saturated carbocycles. The highest BCUT2D eigenvalue weighted by Crippen LogP contribution is 2.25. The van der Waals surface area contributed by atoms with Gasteiger partial charge in [0.1, 0.15) is 5.82 Å². The van der Waals surface area contributed by atoms with Gasteiger partial charge < -0.3 is 5.32 Å². The second-order valence-corrected chi connectivity index (χ2v) is 5.97. The average Bonchev–Trinajstić information content (AvgIpc) is 3.00. The maximum atomic E-state index is 13.7. The maximum Gasteiger partial charge on any atom is 0.230 e. The Morgan fingerprint density at radius 3 is 2.91 bits per heavy atom. The van der Waals surface area contributed by atoms with E-state index in [0.29, 0.717) is 5.13 Å². The first kappa shape index (κ1) is 15.6. The van der Waals surface area contributed by atoms with E-state index >= 15 is 0 Å². The topological polar surface area (TPSA) is 54.9 Å². The maximum absolute atomic E-state index is 13.7. The number of rotatable bonds is 4. The van der Waals surface area contributed by atoms with Crippen LogP contribution in [0.3, 0.4) is 0 Å². The van der Waals surface area contributed by atoms with Crippen molar-refractivity contribution in [2.75, 3.05) is 5.32 Å². The molecular formula is C16H11ClFN3OS. The van der Waals surface area contributed by atoms with Gasteiger partial charge in [0.2, 0.25) is 5.91 Å². The lowest BCUT2D eigenvalue weighted by atomic mass is 10.1. The second-order valence-electron chi connectivity index (χ2n) is 4.70. The molecule has 0 radical (unpaired) electrons. The highest BCUT2D eigenvalue weighted by atomic mass is 35.5. The number of anilines is 1. The fraction of sp³-hybridized carbons (Fsp3) is 0.0625. The molecule has 3 aromatic rings. The lowest BCUT2D eigenvalue weighted by molar-refractivity contribution is -0.115. The van der Waals surface area contributed by atoms with Gasteiger partial charge in [-0.3, -0.25) is 9.78 Å². The predicted molar refractivity (Wildman–Crippen MR) is 89.1 cm³/mol. The van der Waals surface area contributed by atoms with Crippen LogP contribution in [0.5, 0.6) is 0 Å². The third-order valence-corrected chi connectivity index (χ3v) is 4.22. The average molecular weight is 348 g/mol. The van der Waals surface area contributed by atoms with E-state index in [1.807, 2.05) is 17.5 Å². The van der Waals surface area contributed by atoms with Crippen LogP contribution in [-0.4, -0.2) is 15.9 Å². The molecule has 0 aliphatic rings. The number of amides is 1. The molecule has 2 aromatic heterocycles. The Balaban J connectivity index is 1.70. The fourth-order valence-corrected chi connectivity index (χ4v) is 2.97. The zero-order valence-electron chi connectivity index (χ0n) is 11.8. The number of nitrogens with one attached hydrogen (secondary N) is 1. The Hall–Kier alpha value is -2.31. The van der Waals surface area contributed by atoms with E-state index in [1.54, 1.807) is 18.5 Å². The summed E-state index contributed by atoms with van der Waals surface area (Å²) in [4.78, 5) is 20.4. The Morgan fingerprint density at radius 2 is 2.17 bits per heavy atom. The van der Waals surface area contributed by atoms with Crippen molar-refractivity contribution >= 4 is 34.0 Å². The Kier molecular flexibility index (Phi) is 4.64. The number of hydrogen-bond acceptors (Lipinski definition) is 4. The van der Waals surface area contributed by atoms with E-state index in [9.17, 15) is 9.18 Å². The van der Waals surface area contributed by atoms with Gasteiger partial charge >= 0.3 is 0 Å². The smallest absolute Gasteiger partial charge is 0.230 e. The predicted octanol–water partition coefficient (Wildman–Crippen LogP) is 4.18. The highest BCUT2D eigenvalue weighted by molar-refractivity contribution is 7.14. The summed E-state index contributed by atoms with van der Waals surface area (Å²) >= 11 is 7.21. The van der Waals surface area contributed by atoms with Crippen LogP contribution in [0.4, 0.5) is 9.52 Å². The zero-order valence-corrected chi connectivity index (χ0v) is 13.4. The van der Waals surface area contributed by atoms with Gasteiger partial charge in [-0.25, -0.2) is 9.37 Å². The van der Waals surface area contributed by atoms with E-state index in [0.717, 1.165) is 11.3 Å². The van der Waals surface area contributed by atoms with Crippen LogP contribution < -0.4 is 5.32 Å². The second kappa shape index (κ2) is 6.85. The molecule has 23 heavy (non-hydrogen) atoms. The third kappa shape index (κ3) is 3.72. The summed E-state index contributed by atoms with van der Waals surface area (Å²) in [6.07, 6.45) is 3.23. The number of carbonyl (C=O) groups excluding carboxylic acids is 1. The number of pyridine rings is 1. The lowest BCUT2D eigenvalue weighted by Crippen LogP contribution is -2.15. The summed E-state index contributed by atoms with van der Waals surface area (Å²) in [6, 6.07) is 8.02. The van der Waals surface area contributed by atoms with Crippen LogP contribution in [0.15, 0.2) is 48.1 Å². The van der Waals surface area contributed by atoms with Crippen molar-refractivity contribution in [1.82, 2.24) is 9.97 Å². The van der Waals surface area contributed by atoms with Gasteiger partial charge in [-0.15, -0.1) is 11.3 Å². The Labute approximate surface area is 141 Å². The monoisotopic (exact) mass is 347 g/mol. The number of thiazole rings is 1. The molecular weight excluding hydrogens is 337 g/mol. The molecule has 3 rings (SSSR count). The molecule has 0 aliphatic heterocycles. The Bertz CT molecular complexity index is 818. The highest BCUT2D eigenvalue weighted by Gasteiger charge is 2.13. The molecule has 4 nitrogen and oxygen atoms in total. The largest absolute Gasteiger partial charge is 0.302 e. The quantitative estimate of drug-likeness (QED) is 0.770. The number of aromatic nitrogens is 2. The van der Waals surface area contributed by atoms with Crippen LogP contribution in [0.25, 0.3) is 11.3 Å². The minimum Gasteiger partial charge on any atom is -0.302 e. The molecule has 0 unspecified atom stereocenters. The minimum absolute atomic E-state index is 0.146. The number of benzene rings is 1. The van der Waals surface area contributed by atoms with Crippen LogP contribution >= 0.6 is 22.9 Å². The zero-order chi connectivity index (χ0) is 16.2. The number of carbonyl (C=O) groups is 1. The van der Waals surface area contributed by atoms with E-state index in [1.165, 1.54) is 23.5 Å². The van der Waals surface area contributed by atoms with Gasteiger partial charge in [0.25, 0.3) is 0 Å².